The van der Waals surface area contributed by atoms with Gasteiger partial charge < -0.3 is 5.32 Å². The lowest BCUT2D eigenvalue weighted by Crippen LogP contribution is -2.29. The molecule has 0 heterocycles. The highest BCUT2D eigenvalue weighted by Crippen LogP contribution is 2.49. The van der Waals surface area contributed by atoms with Crippen molar-refractivity contribution < 1.29 is 4.79 Å². The summed E-state index contributed by atoms with van der Waals surface area (Å²) >= 11 is 4.33. The van der Waals surface area contributed by atoms with Gasteiger partial charge in [-0.3, -0.25) is 4.79 Å². The van der Waals surface area contributed by atoms with Crippen LogP contribution in [0.15, 0.2) is 24.3 Å². The first-order valence-electron chi connectivity index (χ1n) is 6.51. The molecule has 1 aliphatic rings. The predicted molar refractivity (Wildman–Crippen MR) is 77.9 cm³/mol. The van der Waals surface area contributed by atoms with Gasteiger partial charge in [0.25, 0.3) is 0 Å². The zero-order valence-electron chi connectivity index (χ0n) is 11.1. The molecule has 1 amide bonds. The van der Waals surface area contributed by atoms with Gasteiger partial charge in [-0.05, 0) is 43.4 Å². The lowest BCUT2D eigenvalue weighted by Gasteiger charge is -2.17. The maximum absolute atomic E-state index is 12.0. The van der Waals surface area contributed by atoms with E-state index in [1.807, 2.05) is 6.92 Å². The molecule has 1 fully saturated rings. The zero-order valence-corrected chi connectivity index (χ0v) is 12.0. The third-order valence-electron chi connectivity index (χ3n) is 3.78. The Labute approximate surface area is 115 Å². The van der Waals surface area contributed by atoms with Crippen LogP contribution in [-0.4, -0.2) is 11.7 Å². The van der Waals surface area contributed by atoms with Crippen LogP contribution in [0.1, 0.15) is 43.4 Å². The molecule has 0 aromatic heterocycles. The maximum atomic E-state index is 12.0. The van der Waals surface area contributed by atoms with Crippen LogP contribution in [-0.2, 0) is 4.79 Å². The van der Waals surface area contributed by atoms with Gasteiger partial charge in [0.1, 0.15) is 0 Å². The van der Waals surface area contributed by atoms with E-state index in [9.17, 15) is 4.79 Å². The summed E-state index contributed by atoms with van der Waals surface area (Å²) in [5.41, 5.74) is 2.59. The van der Waals surface area contributed by atoms with Crippen molar-refractivity contribution >= 4 is 18.5 Å². The molecular weight excluding hydrogens is 242 g/mol. The minimum Gasteiger partial charge on any atom is -0.350 e. The van der Waals surface area contributed by atoms with Crippen molar-refractivity contribution in [3.8, 4) is 0 Å². The van der Waals surface area contributed by atoms with Crippen LogP contribution in [0.4, 0.5) is 0 Å². The fourth-order valence-corrected chi connectivity index (χ4v) is 2.57. The number of carbonyl (C=O) groups excluding carboxylic acids is 1. The van der Waals surface area contributed by atoms with E-state index in [2.05, 4.69) is 49.1 Å². The average molecular weight is 263 g/mol. The quantitative estimate of drug-likeness (QED) is 0.784. The number of benzene rings is 1. The summed E-state index contributed by atoms with van der Waals surface area (Å²) < 4.78 is 0. The molecule has 2 nitrogen and oxygen atoms in total. The van der Waals surface area contributed by atoms with Gasteiger partial charge in [-0.1, -0.05) is 29.8 Å². The first-order valence-corrected chi connectivity index (χ1v) is 7.15. The number of thiol groups is 1. The summed E-state index contributed by atoms with van der Waals surface area (Å²) in [5, 5.41) is 3.07. The van der Waals surface area contributed by atoms with Gasteiger partial charge >= 0.3 is 0 Å². The second kappa shape index (κ2) is 5.35. The molecule has 1 unspecified atom stereocenters. The fourth-order valence-electron chi connectivity index (χ4n) is 2.14. The van der Waals surface area contributed by atoms with E-state index in [-0.39, 0.29) is 17.4 Å². The summed E-state index contributed by atoms with van der Waals surface area (Å²) in [6.07, 6.45) is 2.90. The van der Waals surface area contributed by atoms with Crippen LogP contribution in [0.3, 0.4) is 0 Å². The smallest absolute Gasteiger partial charge is 0.221 e. The van der Waals surface area contributed by atoms with Crippen molar-refractivity contribution in [1.82, 2.24) is 5.32 Å². The van der Waals surface area contributed by atoms with Crippen molar-refractivity contribution in [3.05, 3.63) is 35.4 Å². The molecule has 18 heavy (non-hydrogen) atoms. The van der Waals surface area contributed by atoms with E-state index in [0.29, 0.717) is 6.42 Å². The van der Waals surface area contributed by atoms with Crippen molar-refractivity contribution in [2.45, 2.75) is 39.2 Å². The van der Waals surface area contributed by atoms with Gasteiger partial charge in [0.15, 0.2) is 0 Å². The van der Waals surface area contributed by atoms with Gasteiger partial charge in [0.05, 0.1) is 6.04 Å². The molecule has 2 rings (SSSR count). The SMILES string of the molecule is Cc1ccc(C(C)NC(=O)CC2(CS)CC2)cc1. The molecule has 0 radical (unpaired) electrons. The minimum atomic E-state index is 0.0776. The number of amides is 1. The van der Waals surface area contributed by atoms with Gasteiger partial charge in [-0.25, -0.2) is 0 Å². The van der Waals surface area contributed by atoms with Crippen LogP contribution >= 0.6 is 12.6 Å². The monoisotopic (exact) mass is 263 g/mol. The molecule has 3 heteroatoms. The first-order chi connectivity index (χ1) is 8.54. The van der Waals surface area contributed by atoms with Crippen LogP contribution in [0, 0.1) is 12.3 Å². The number of carbonyl (C=O) groups is 1. The summed E-state index contributed by atoms with van der Waals surface area (Å²) in [7, 11) is 0. The third-order valence-corrected chi connectivity index (χ3v) is 4.45. The minimum absolute atomic E-state index is 0.0776. The summed E-state index contributed by atoms with van der Waals surface area (Å²) in [4.78, 5) is 12.0. The normalized spacial score (nSPS) is 18.2. The Kier molecular flexibility index (Phi) is 4.00. The standard InChI is InChI=1S/C15H21NOS/c1-11-3-5-13(6-4-11)12(2)16-14(17)9-15(10-18)7-8-15/h3-6,12,18H,7-10H2,1-2H3,(H,16,17). The molecule has 98 valence electrons. The average Bonchev–Trinajstić information content (AvgIpc) is 3.10. The molecule has 1 aromatic rings. The summed E-state index contributed by atoms with van der Waals surface area (Å²) in [6, 6.07) is 8.38. The van der Waals surface area contributed by atoms with E-state index >= 15 is 0 Å². The molecule has 1 N–H and O–H groups in total. The highest BCUT2D eigenvalue weighted by atomic mass is 32.1. The van der Waals surface area contributed by atoms with Crippen molar-refractivity contribution in [2.75, 3.05) is 5.75 Å². The van der Waals surface area contributed by atoms with Crippen molar-refractivity contribution in [3.63, 3.8) is 0 Å². The molecule has 1 aromatic carbocycles. The topological polar surface area (TPSA) is 29.1 Å². The van der Waals surface area contributed by atoms with Crippen LogP contribution in [0.2, 0.25) is 0 Å². The first kappa shape index (κ1) is 13.5. The molecule has 1 saturated carbocycles. The van der Waals surface area contributed by atoms with Crippen LogP contribution in [0.25, 0.3) is 0 Å². The van der Waals surface area contributed by atoms with E-state index < -0.39 is 0 Å². The molecule has 0 aliphatic heterocycles. The van der Waals surface area contributed by atoms with Crippen molar-refractivity contribution in [2.24, 2.45) is 5.41 Å². The molecule has 0 spiro atoms. The Balaban J connectivity index is 1.89. The lowest BCUT2D eigenvalue weighted by atomic mass is 10.0. The summed E-state index contributed by atoms with van der Waals surface area (Å²) in [5.74, 6) is 0.967. The van der Waals surface area contributed by atoms with Gasteiger partial charge in [-0.2, -0.15) is 12.6 Å². The molecule has 0 bridgehead atoms. The van der Waals surface area contributed by atoms with E-state index in [4.69, 9.17) is 0 Å². The van der Waals surface area contributed by atoms with E-state index in [1.165, 1.54) is 5.56 Å². The van der Waals surface area contributed by atoms with E-state index in [0.717, 1.165) is 24.2 Å². The second-order valence-corrected chi connectivity index (χ2v) is 5.85. The van der Waals surface area contributed by atoms with Gasteiger partial charge in [0.2, 0.25) is 5.91 Å². The fraction of sp³-hybridized carbons (Fsp3) is 0.533. The number of hydrogen-bond acceptors (Lipinski definition) is 2. The zero-order chi connectivity index (χ0) is 13.2. The third kappa shape index (κ3) is 3.29. The maximum Gasteiger partial charge on any atom is 0.221 e. The highest BCUT2D eigenvalue weighted by molar-refractivity contribution is 7.80. The number of aryl methyl sites for hydroxylation is 1. The van der Waals surface area contributed by atoms with E-state index in [1.54, 1.807) is 0 Å². The Morgan fingerprint density at radius 2 is 2.00 bits per heavy atom. The van der Waals surface area contributed by atoms with Gasteiger partial charge in [0, 0.05) is 6.42 Å². The number of hydrogen-bond donors (Lipinski definition) is 2. The van der Waals surface area contributed by atoms with Crippen LogP contribution in [0.5, 0.6) is 0 Å². The Bertz CT molecular complexity index is 423. The Hall–Kier alpha value is -0.960. The Morgan fingerprint density at radius 1 is 1.39 bits per heavy atom. The van der Waals surface area contributed by atoms with Gasteiger partial charge in [-0.15, -0.1) is 0 Å². The number of rotatable bonds is 5. The number of nitrogens with one attached hydrogen (secondary N) is 1. The van der Waals surface area contributed by atoms with Crippen molar-refractivity contribution in [1.29, 1.82) is 0 Å². The predicted octanol–water partition coefficient (Wildman–Crippen LogP) is 3.27. The van der Waals surface area contributed by atoms with Crippen LogP contribution < -0.4 is 5.32 Å². The molecule has 0 saturated heterocycles. The summed E-state index contributed by atoms with van der Waals surface area (Å²) in [6.45, 7) is 4.10. The Morgan fingerprint density at radius 3 is 2.50 bits per heavy atom. The molecule has 1 aliphatic carbocycles. The largest absolute Gasteiger partial charge is 0.350 e. The molecule has 1 atom stereocenters. The molecular formula is C15H21NOS. The lowest BCUT2D eigenvalue weighted by molar-refractivity contribution is -0.122. The highest BCUT2D eigenvalue weighted by Gasteiger charge is 2.42. The second-order valence-electron chi connectivity index (χ2n) is 5.53.